The van der Waals surface area contributed by atoms with Crippen LogP contribution < -0.4 is 4.74 Å². The fourth-order valence-electron chi connectivity index (χ4n) is 4.37. The lowest BCUT2D eigenvalue weighted by molar-refractivity contribution is 0.255. The molecule has 3 aromatic rings. The number of rotatable bonds is 9. The van der Waals surface area contributed by atoms with E-state index in [4.69, 9.17) is 4.74 Å². The maximum absolute atomic E-state index is 6.36. The second-order valence-corrected chi connectivity index (χ2v) is 9.72. The molecule has 1 nitrogen and oxygen atoms in total. The third kappa shape index (κ3) is 5.98. The van der Waals surface area contributed by atoms with Crippen LogP contribution in [0.4, 0.5) is 0 Å². The Bertz CT molecular complexity index is 894. The fourth-order valence-corrected chi connectivity index (χ4v) is 4.75. The zero-order valence-electron chi connectivity index (χ0n) is 18.5. The van der Waals surface area contributed by atoms with E-state index in [0.717, 1.165) is 16.6 Å². The van der Waals surface area contributed by atoms with Gasteiger partial charge in [-0.3, -0.25) is 0 Å². The van der Waals surface area contributed by atoms with E-state index in [2.05, 4.69) is 116 Å². The molecule has 0 N–H and O–H groups in total. The van der Waals surface area contributed by atoms with Crippen molar-refractivity contribution >= 4 is 15.9 Å². The fraction of sp³-hybridized carbons (Fsp3) is 0.357. The van der Waals surface area contributed by atoms with Crippen molar-refractivity contribution in [3.05, 3.63) is 100 Å². The molecule has 0 saturated carbocycles. The summed E-state index contributed by atoms with van der Waals surface area (Å²) >= 11 is 3.70. The molecule has 158 valence electrons. The lowest BCUT2D eigenvalue weighted by Crippen LogP contribution is -2.20. The Balaban J connectivity index is 1.98. The van der Waals surface area contributed by atoms with Crippen LogP contribution in [0.3, 0.4) is 0 Å². The van der Waals surface area contributed by atoms with Crippen molar-refractivity contribution in [2.75, 3.05) is 0 Å². The SMILES string of the molecule is CC(C)C(CC(c1ccccc1)c1cc(Br)ccc1OCc1ccccc1)C(C)C. The first-order valence-corrected chi connectivity index (χ1v) is 11.8. The van der Waals surface area contributed by atoms with Crippen LogP contribution in [0.25, 0.3) is 0 Å². The predicted molar refractivity (Wildman–Crippen MR) is 131 cm³/mol. The molecule has 0 radical (unpaired) electrons. The molecule has 0 saturated heterocycles. The van der Waals surface area contributed by atoms with Crippen LogP contribution in [-0.4, -0.2) is 0 Å². The normalized spacial score (nSPS) is 12.5. The summed E-state index contributed by atoms with van der Waals surface area (Å²) in [4.78, 5) is 0. The van der Waals surface area contributed by atoms with E-state index in [1.54, 1.807) is 0 Å². The van der Waals surface area contributed by atoms with Crippen LogP contribution in [0.5, 0.6) is 5.75 Å². The highest BCUT2D eigenvalue weighted by Crippen LogP contribution is 2.41. The van der Waals surface area contributed by atoms with E-state index < -0.39 is 0 Å². The Morgan fingerprint density at radius 2 is 1.37 bits per heavy atom. The molecule has 2 heteroatoms. The van der Waals surface area contributed by atoms with Crippen LogP contribution >= 0.6 is 15.9 Å². The van der Waals surface area contributed by atoms with E-state index in [1.807, 2.05) is 6.07 Å². The van der Waals surface area contributed by atoms with Gasteiger partial charge in [0.15, 0.2) is 0 Å². The molecular formula is C28H33BrO. The van der Waals surface area contributed by atoms with E-state index in [9.17, 15) is 0 Å². The van der Waals surface area contributed by atoms with Crippen LogP contribution in [0.1, 0.15) is 56.7 Å². The molecule has 0 bridgehead atoms. The van der Waals surface area contributed by atoms with Gasteiger partial charge in [0.1, 0.15) is 12.4 Å². The van der Waals surface area contributed by atoms with Crippen LogP contribution in [0.2, 0.25) is 0 Å². The highest BCUT2D eigenvalue weighted by Gasteiger charge is 2.26. The Morgan fingerprint density at radius 1 is 0.767 bits per heavy atom. The summed E-state index contributed by atoms with van der Waals surface area (Å²) in [5.74, 6) is 3.18. The smallest absolute Gasteiger partial charge is 0.123 e. The molecule has 3 aromatic carbocycles. The Hall–Kier alpha value is -2.06. The molecule has 0 spiro atoms. The second kappa shape index (κ2) is 10.8. The minimum atomic E-state index is 0.296. The Morgan fingerprint density at radius 3 is 1.97 bits per heavy atom. The van der Waals surface area contributed by atoms with E-state index in [0.29, 0.717) is 30.3 Å². The van der Waals surface area contributed by atoms with Crippen molar-refractivity contribution in [1.29, 1.82) is 0 Å². The molecular weight excluding hydrogens is 432 g/mol. The van der Waals surface area contributed by atoms with Gasteiger partial charge in [-0.2, -0.15) is 0 Å². The van der Waals surface area contributed by atoms with Gasteiger partial charge in [-0.1, -0.05) is 104 Å². The number of hydrogen-bond acceptors (Lipinski definition) is 1. The number of benzene rings is 3. The third-order valence-corrected chi connectivity index (χ3v) is 6.50. The standard InChI is InChI=1S/C28H33BrO/c1-20(2)25(21(3)4)18-26(23-13-9-6-10-14-23)27-17-24(29)15-16-28(27)30-19-22-11-7-5-8-12-22/h5-17,20-21,25-26H,18-19H2,1-4H3. The molecule has 3 rings (SSSR count). The Kier molecular flexibility index (Phi) is 8.16. The maximum Gasteiger partial charge on any atom is 0.123 e. The average molecular weight is 465 g/mol. The molecule has 30 heavy (non-hydrogen) atoms. The van der Waals surface area contributed by atoms with Gasteiger partial charge < -0.3 is 4.74 Å². The van der Waals surface area contributed by atoms with Gasteiger partial charge in [0.2, 0.25) is 0 Å². The van der Waals surface area contributed by atoms with Gasteiger partial charge in [-0.25, -0.2) is 0 Å². The first-order valence-electron chi connectivity index (χ1n) is 11.0. The van der Waals surface area contributed by atoms with Crippen molar-refractivity contribution in [1.82, 2.24) is 0 Å². The van der Waals surface area contributed by atoms with E-state index >= 15 is 0 Å². The summed E-state index contributed by atoms with van der Waals surface area (Å²) in [6.45, 7) is 9.97. The van der Waals surface area contributed by atoms with Gasteiger partial charge in [-0.15, -0.1) is 0 Å². The molecule has 1 atom stereocenters. The maximum atomic E-state index is 6.36. The van der Waals surface area contributed by atoms with Crippen LogP contribution in [0, 0.1) is 17.8 Å². The van der Waals surface area contributed by atoms with Gasteiger partial charge in [0.25, 0.3) is 0 Å². The second-order valence-electron chi connectivity index (χ2n) is 8.81. The molecule has 1 unspecified atom stereocenters. The quantitative estimate of drug-likeness (QED) is 0.308. The van der Waals surface area contributed by atoms with Gasteiger partial charge in [0.05, 0.1) is 0 Å². The summed E-state index contributed by atoms with van der Waals surface area (Å²) < 4.78 is 7.46. The molecule has 0 aliphatic carbocycles. The largest absolute Gasteiger partial charge is 0.489 e. The predicted octanol–water partition coefficient (Wildman–Crippen LogP) is 8.48. The topological polar surface area (TPSA) is 9.23 Å². The minimum absolute atomic E-state index is 0.296. The van der Waals surface area contributed by atoms with Crippen LogP contribution in [0.15, 0.2) is 83.3 Å². The van der Waals surface area contributed by atoms with Gasteiger partial charge >= 0.3 is 0 Å². The summed E-state index contributed by atoms with van der Waals surface area (Å²) in [5.41, 5.74) is 3.80. The van der Waals surface area contributed by atoms with Crippen molar-refractivity contribution in [3.63, 3.8) is 0 Å². The van der Waals surface area contributed by atoms with E-state index in [-0.39, 0.29) is 0 Å². The number of hydrogen-bond donors (Lipinski definition) is 0. The van der Waals surface area contributed by atoms with Crippen molar-refractivity contribution in [3.8, 4) is 5.75 Å². The molecule has 0 amide bonds. The Labute approximate surface area is 190 Å². The van der Waals surface area contributed by atoms with E-state index in [1.165, 1.54) is 16.7 Å². The molecule has 0 aromatic heterocycles. The summed E-state index contributed by atoms with van der Waals surface area (Å²) in [7, 11) is 0. The molecule has 0 fully saturated rings. The summed E-state index contributed by atoms with van der Waals surface area (Å²) in [5, 5.41) is 0. The molecule has 0 aliphatic rings. The van der Waals surface area contributed by atoms with Gasteiger partial charge in [0, 0.05) is 16.0 Å². The zero-order valence-corrected chi connectivity index (χ0v) is 20.1. The third-order valence-electron chi connectivity index (χ3n) is 6.01. The number of ether oxygens (including phenoxy) is 1. The minimum Gasteiger partial charge on any atom is -0.489 e. The van der Waals surface area contributed by atoms with Gasteiger partial charge in [-0.05, 0) is 53.5 Å². The summed E-state index contributed by atoms with van der Waals surface area (Å²) in [6, 6.07) is 27.7. The molecule has 0 aliphatic heterocycles. The van der Waals surface area contributed by atoms with Crippen molar-refractivity contribution in [2.45, 2.75) is 46.6 Å². The molecule has 0 heterocycles. The monoisotopic (exact) mass is 464 g/mol. The lowest BCUT2D eigenvalue weighted by atomic mass is 9.75. The van der Waals surface area contributed by atoms with Crippen molar-refractivity contribution in [2.24, 2.45) is 17.8 Å². The number of halogens is 1. The average Bonchev–Trinajstić information content (AvgIpc) is 2.74. The zero-order chi connectivity index (χ0) is 21.5. The highest BCUT2D eigenvalue weighted by molar-refractivity contribution is 9.10. The summed E-state index contributed by atoms with van der Waals surface area (Å²) in [6.07, 6.45) is 1.11. The first kappa shape index (κ1) is 22.6. The first-order chi connectivity index (χ1) is 14.5. The van der Waals surface area contributed by atoms with Crippen LogP contribution in [-0.2, 0) is 6.61 Å². The lowest BCUT2D eigenvalue weighted by Gasteiger charge is -2.31. The highest BCUT2D eigenvalue weighted by atomic mass is 79.9. The van der Waals surface area contributed by atoms with Crippen molar-refractivity contribution < 1.29 is 4.74 Å².